The Morgan fingerprint density at radius 3 is 2.78 bits per heavy atom. The molecule has 1 amide bonds. The molecule has 4 aromatic rings. The number of benzene rings is 1. The number of fused-ring (bicyclic) bond motifs is 1. The van der Waals surface area contributed by atoms with Crippen LogP contribution in [0.4, 0.5) is 0 Å². The molecule has 0 saturated carbocycles. The van der Waals surface area contributed by atoms with Crippen molar-refractivity contribution in [2.24, 2.45) is 0 Å². The van der Waals surface area contributed by atoms with E-state index in [2.05, 4.69) is 20.5 Å². The third-order valence-corrected chi connectivity index (χ3v) is 4.23. The topological polar surface area (TPSA) is 85.3 Å². The number of aromatic nitrogens is 4. The Hall–Kier alpha value is -3.48. The van der Waals surface area contributed by atoms with Crippen molar-refractivity contribution in [2.45, 2.75) is 19.3 Å². The number of pyridine rings is 1. The Morgan fingerprint density at radius 1 is 1.04 bits per heavy atom. The van der Waals surface area contributed by atoms with E-state index in [9.17, 15) is 4.79 Å². The summed E-state index contributed by atoms with van der Waals surface area (Å²) in [5.41, 5.74) is 1.78. The van der Waals surface area contributed by atoms with Gasteiger partial charge in [-0.25, -0.2) is 4.98 Å². The highest BCUT2D eigenvalue weighted by Crippen LogP contribution is 2.20. The van der Waals surface area contributed by atoms with Gasteiger partial charge in [0.15, 0.2) is 17.3 Å². The van der Waals surface area contributed by atoms with Crippen LogP contribution in [0.1, 0.15) is 18.1 Å². The maximum atomic E-state index is 12.1. The maximum absolute atomic E-state index is 12.1. The summed E-state index contributed by atoms with van der Waals surface area (Å²) in [7, 11) is 0. The Bertz CT molecular complexity index is 1040. The second kappa shape index (κ2) is 7.82. The van der Waals surface area contributed by atoms with Crippen LogP contribution in [-0.2, 0) is 17.6 Å². The zero-order valence-corrected chi connectivity index (χ0v) is 14.7. The summed E-state index contributed by atoms with van der Waals surface area (Å²) in [5, 5.41) is 11.2. The molecule has 1 N–H and O–H groups in total. The van der Waals surface area contributed by atoms with Crippen molar-refractivity contribution in [1.29, 1.82) is 0 Å². The van der Waals surface area contributed by atoms with E-state index in [-0.39, 0.29) is 5.91 Å². The van der Waals surface area contributed by atoms with Gasteiger partial charge in [0.25, 0.3) is 0 Å². The predicted molar refractivity (Wildman–Crippen MR) is 100.0 cm³/mol. The fraction of sp³-hybridized carbons (Fsp3) is 0.200. The number of hydrogen-bond acceptors (Lipinski definition) is 5. The number of hydrogen-bond donors (Lipinski definition) is 1. The third kappa shape index (κ3) is 4.03. The monoisotopic (exact) mass is 361 g/mol. The van der Waals surface area contributed by atoms with Crippen molar-refractivity contribution in [3.05, 3.63) is 72.6 Å². The fourth-order valence-electron chi connectivity index (χ4n) is 2.85. The largest absolute Gasteiger partial charge is 0.441 e. The number of rotatable bonds is 7. The first kappa shape index (κ1) is 17.0. The molecule has 3 aromatic heterocycles. The first-order valence-corrected chi connectivity index (χ1v) is 8.85. The summed E-state index contributed by atoms with van der Waals surface area (Å²) in [6.07, 6.45) is 5.02. The quantitative estimate of drug-likeness (QED) is 0.547. The SMILES string of the molecule is O=C(CCc1ncc(-c2ccccc2)o1)NCCc1nnc2ccccn12. The molecule has 7 heteroatoms. The molecule has 0 radical (unpaired) electrons. The third-order valence-electron chi connectivity index (χ3n) is 4.23. The number of carbonyl (C=O) groups is 1. The molecule has 4 rings (SSSR count). The van der Waals surface area contributed by atoms with E-state index in [0.29, 0.717) is 37.5 Å². The van der Waals surface area contributed by atoms with Crippen LogP contribution >= 0.6 is 0 Å². The van der Waals surface area contributed by atoms with Crippen molar-refractivity contribution < 1.29 is 9.21 Å². The van der Waals surface area contributed by atoms with E-state index in [4.69, 9.17) is 4.42 Å². The standard InChI is InChI=1S/C20H19N5O2/c26-19(21-12-11-18-24-23-17-8-4-5-13-25(17)18)9-10-20-22-14-16(27-20)15-6-2-1-3-7-15/h1-8,13-14H,9-12H2,(H,21,26). The summed E-state index contributed by atoms with van der Waals surface area (Å²) in [4.78, 5) is 16.3. The van der Waals surface area contributed by atoms with Crippen LogP contribution in [0.15, 0.2) is 65.3 Å². The van der Waals surface area contributed by atoms with Crippen LogP contribution in [-0.4, -0.2) is 32.0 Å². The molecule has 0 aliphatic carbocycles. The number of oxazole rings is 1. The van der Waals surface area contributed by atoms with E-state index in [0.717, 1.165) is 17.0 Å². The van der Waals surface area contributed by atoms with Crippen LogP contribution in [0, 0.1) is 0 Å². The number of nitrogens with zero attached hydrogens (tertiary/aromatic N) is 4. The van der Waals surface area contributed by atoms with Gasteiger partial charge in [-0.3, -0.25) is 9.20 Å². The Morgan fingerprint density at radius 2 is 1.89 bits per heavy atom. The lowest BCUT2D eigenvalue weighted by Crippen LogP contribution is -2.26. The van der Waals surface area contributed by atoms with Gasteiger partial charge in [0.05, 0.1) is 6.20 Å². The average molecular weight is 361 g/mol. The highest BCUT2D eigenvalue weighted by molar-refractivity contribution is 5.76. The summed E-state index contributed by atoms with van der Waals surface area (Å²) >= 11 is 0. The van der Waals surface area contributed by atoms with Gasteiger partial charge in [-0.05, 0) is 12.1 Å². The summed E-state index contributed by atoms with van der Waals surface area (Å²) in [6, 6.07) is 15.5. The number of nitrogens with one attached hydrogen (secondary N) is 1. The average Bonchev–Trinajstić information content (AvgIpc) is 3.35. The maximum Gasteiger partial charge on any atom is 0.220 e. The van der Waals surface area contributed by atoms with Crippen molar-refractivity contribution >= 4 is 11.6 Å². The van der Waals surface area contributed by atoms with Crippen LogP contribution < -0.4 is 5.32 Å². The summed E-state index contributed by atoms with van der Waals surface area (Å²) in [6.45, 7) is 0.509. The normalized spacial score (nSPS) is 11.0. The zero-order valence-electron chi connectivity index (χ0n) is 14.7. The van der Waals surface area contributed by atoms with Gasteiger partial charge in [-0.1, -0.05) is 36.4 Å². The molecule has 0 atom stereocenters. The smallest absolute Gasteiger partial charge is 0.220 e. The van der Waals surface area contributed by atoms with Crippen molar-refractivity contribution in [3.63, 3.8) is 0 Å². The number of aryl methyl sites for hydroxylation is 1. The zero-order chi connectivity index (χ0) is 18.5. The highest BCUT2D eigenvalue weighted by atomic mass is 16.4. The number of amides is 1. The number of carbonyl (C=O) groups excluding carboxylic acids is 1. The van der Waals surface area contributed by atoms with Crippen LogP contribution in [0.25, 0.3) is 17.0 Å². The second-order valence-electron chi connectivity index (χ2n) is 6.13. The summed E-state index contributed by atoms with van der Waals surface area (Å²) < 4.78 is 7.64. The van der Waals surface area contributed by atoms with Gasteiger partial charge < -0.3 is 9.73 Å². The second-order valence-corrected chi connectivity index (χ2v) is 6.13. The first-order chi connectivity index (χ1) is 13.3. The molecule has 0 spiro atoms. The molecule has 7 nitrogen and oxygen atoms in total. The van der Waals surface area contributed by atoms with E-state index >= 15 is 0 Å². The first-order valence-electron chi connectivity index (χ1n) is 8.85. The Balaban J connectivity index is 1.25. The van der Waals surface area contributed by atoms with Crippen LogP contribution in [0.3, 0.4) is 0 Å². The Labute approximate surface area is 156 Å². The molecule has 27 heavy (non-hydrogen) atoms. The van der Waals surface area contributed by atoms with Gasteiger partial charge in [-0.15, -0.1) is 10.2 Å². The van der Waals surface area contributed by atoms with E-state index < -0.39 is 0 Å². The lowest BCUT2D eigenvalue weighted by molar-refractivity contribution is -0.121. The van der Waals surface area contributed by atoms with E-state index in [1.165, 1.54) is 0 Å². The Kier molecular flexibility index (Phi) is 4.91. The molecule has 0 bridgehead atoms. The molecule has 0 aliphatic rings. The molecular formula is C20H19N5O2. The van der Waals surface area contributed by atoms with Gasteiger partial charge in [0.2, 0.25) is 5.91 Å². The minimum absolute atomic E-state index is 0.0386. The molecule has 0 saturated heterocycles. The molecule has 136 valence electrons. The van der Waals surface area contributed by atoms with E-state index in [1.54, 1.807) is 6.20 Å². The van der Waals surface area contributed by atoms with Crippen molar-refractivity contribution in [3.8, 4) is 11.3 Å². The molecule has 0 aliphatic heterocycles. The van der Waals surface area contributed by atoms with Crippen molar-refractivity contribution in [2.75, 3.05) is 6.54 Å². The highest BCUT2D eigenvalue weighted by Gasteiger charge is 2.09. The minimum Gasteiger partial charge on any atom is -0.441 e. The molecule has 0 fully saturated rings. The minimum atomic E-state index is -0.0386. The molecule has 1 aromatic carbocycles. The predicted octanol–water partition coefficient (Wildman–Crippen LogP) is 2.68. The van der Waals surface area contributed by atoms with Crippen LogP contribution in [0.5, 0.6) is 0 Å². The summed E-state index contributed by atoms with van der Waals surface area (Å²) in [5.74, 6) is 2.06. The lowest BCUT2D eigenvalue weighted by atomic mass is 10.2. The molecule has 3 heterocycles. The lowest BCUT2D eigenvalue weighted by Gasteiger charge is -2.03. The van der Waals surface area contributed by atoms with Gasteiger partial charge in [0.1, 0.15) is 5.82 Å². The van der Waals surface area contributed by atoms with Crippen molar-refractivity contribution in [1.82, 2.24) is 24.9 Å². The fourth-order valence-corrected chi connectivity index (χ4v) is 2.85. The van der Waals surface area contributed by atoms with E-state index in [1.807, 2.05) is 59.1 Å². The van der Waals surface area contributed by atoms with Crippen LogP contribution in [0.2, 0.25) is 0 Å². The molecular weight excluding hydrogens is 342 g/mol. The molecule has 0 unspecified atom stereocenters. The van der Waals surface area contributed by atoms with Gasteiger partial charge in [0, 0.05) is 37.6 Å². The van der Waals surface area contributed by atoms with Gasteiger partial charge in [-0.2, -0.15) is 0 Å². The van der Waals surface area contributed by atoms with Gasteiger partial charge >= 0.3 is 0 Å².